The van der Waals surface area contributed by atoms with Crippen LogP contribution in [0.1, 0.15) is 94.1 Å². The third kappa shape index (κ3) is 14.1. The number of carboxylic acid groups (broad SMARTS) is 3. The number of aliphatic carboxylic acids is 3. The molecule has 1 aromatic heterocycles. The molecule has 0 aliphatic carbocycles. The predicted octanol–water partition coefficient (Wildman–Crippen LogP) is 3.17. The Labute approximate surface area is 310 Å². The van der Waals surface area contributed by atoms with Gasteiger partial charge in [0.15, 0.2) is 12.4 Å². The zero-order valence-corrected chi connectivity index (χ0v) is 30.5. The first-order valence-corrected chi connectivity index (χ1v) is 16.9. The number of nitrogens with zero attached hydrogens (tertiary/aromatic N) is 1. The fourth-order valence-corrected chi connectivity index (χ4v) is 5.05. The van der Waals surface area contributed by atoms with Crippen LogP contribution in [0, 0.1) is 5.92 Å². The van der Waals surface area contributed by atoms with Gasteiger partial charge in [-0.1, -0.05) is 39.2 Å². The molecule has 296 valence electrons. The number of ether oxygens (including phenoxy) is 2. The van der Waals surface area contributed by atoms with Gasteiger partial charge in [-0.05, 0) is 57.9 Å². The van der Waals surface area contributed by atoms with E-state index in [0.29, 0.717) is 19.3 Å². The van der Waals surface area contributed by atoms with Gasteiger partial charge in [0.25, 0.3) is 11.8 Å². The van der Waals surface area contributed by atoms with Gasteiger partial charge in [0.2, 0.25) is 12.3 Å². The predicted molar refractivity (Wildman–Crippen MR) is 186 cm³/mol. The maximum atomic E-state index is 13.4. The molecule has 1 heterocycles. The van der Waals surface area contributed by atoms with Crippen molar-refractivity contribution < 1.29 is 72.4 Å². The fraction of sp³-hybridized carbons (Fsp3) is 0.486. The van der Waals surface area contributed by atoms with Crippen molar-refractivity contribution in [3.63, 3.8) is 0 Å². The second kappa shape index (κ2) is 20.8. The maximum absolute atomic E-state index is 13.4. The summed E-state index contributed by atoms with van der Waals surface area (Å²) in [6.45, 7) is 7.34. The number of carbonyl (C=O) groups is 8. The minimum absolute atomic E-state index is 0.0753. The van der Waals surface area contributed by atoms with E-state index >= 15 is 0 Å². The van der Waals surface area contributed by atoms with E-state index in [-0.39, 0.29) is 41.5 Å². The van der Waals surface area contributed by atoms with Crippen molar-refractivity contribution in [3.05, 3.63) is 41.7 Å². The van der Waals surface area contributed by atoms with Crippen molar-refractivity contribution in [1.82, 2.24) is 21.0 Å². The Morgan fingerprint density at radius 3 is 2.20 bits per heavy atom. The summed E-state index contributed by atoms with van der Waals surface area (Å²) < 4.78 is 16.0. The van der Waals surface area contributed by atoms with Crippen LogP contribution in [0.3, 0.4) is 0 Å². The van der Waals surface area contributed by atoms with Gasteiger partial charge in [-0.3, -0.25) is 24.0 Å². The first kappa shape index (κ1) is 44.0. The average Bonchev–Trinajstić information content (AvgIpc) is 3.59. The number of rotatable bonds is 22. The molecule has 0 bridgehead atoms. The third-order valence-corrected chi connectivity index (χ3v) is 7.52. The number of nitrogens with one attached hydrogen (secondary N) is 3. The molecule has 0 spiro atoms. The average molecular weight is 763 g/mol. The molecule has 1 aromatic carbocycles. The lowest BCUT2D eigenvalue weighted by atomic mass is 9.90. The Hall–Kier alpha value is -6.14. The number of unbranched alkanes of at least 4 members (excludes halogenated alkanes) is 2. The zero-order valence-electron chi connectivity index (χ0n) is 30.5. The van der Waals surface area contributed by atoms with Gasteiger partial charge >= 0.3 is 24.1 Å². The summed E-state index contributed by atoms with van der Waals surface area (Å²) in [6.07, 6.45) is 1.14. The highest BCUT2D eigenvalue weighted by Crippen LogP contribution is 2.29. The number of carboxylic acids is 3. The quantitative estimate of drug-likeness (QED) is 0.0330. The number of hydrogen-bond acceptors (Lipinski definition) is 12. The van der Waals surface area contributed by atoms with Crippen molar-refractivity contribution in [2.24, 2.45) is 5.92 Å². The lowest BCUT2D eigenvalue weighted by Crippen LogP contribution is -2.49. The summed E-state index contributed by atoms with van der Waals surface area (Å²) in [5.74, 6) is -8.04. The normalized spacial score (nSPS) is 12.6. The van der Waals surface area contributed by atoms with E-state index in [1.807, 2.05) is 6.92 Å². The van der Waals surface area contributed by atoms with Crippen LogP contribution in [0.4, 0.5) is 4.79 Å². The first-order valence-electron chi connectivity index (χ1n) is 16.9. The van der Waals surface area contributed by atoms with Gasteiger partial charge in [0, 0.05) is 5.56 Å². The van der Waals surface area contributed by atoms with E-state index in [1.165, 1.54) is 30.3 Å². The van der Waals surface area contributed by atoms with Crippen molar-refractivity contribution in [2.45, 2.75) is 90.8 Å². The van der Waals surface area contributed by atoms with Gasteiger partial charge < -0.3 is 50.0 Å². The topological polar surface area (TPSA) is 277 Å². The van der Waals surface area contributed by atoms with Crippen LogP contribution in [0.2, 0.25) is 0 Å². The highest BCUT2D eigenvalue weighted by Gasteiger charge is 2.34. The zero-order chi connectivity index (χ0) is 40.6. The molecule has 19 heteroatoms. The standard InChI is InChI=1S/C35H46N4O15/c1-6-8-9-10-21(24(7-2)39(19-40)54-34(50)53-35(3,4)5)30(45)36-18-37-32(47)26-14-13-25(52-26)20-11-12-22(27(15-20)51-17-29(43)44)31(46)38-23(33(48)49)16-28(41)42/h11-15,19,21,23-24H,6-10,16-18H2,1-5H3,(H,36,45)(H,37,47)(H,38,46)(H,41,42)(H,43,44)(H,48,49). The SMILES string of the molecule is CCCCCC(C(=O)NCNC(=O)c1ccc(-c2ccc(C(=O)NC(CC(=O)O)C(=O)O)c(OCC(=O)O)c2)o1)C(CC)N(C=O)OC(=O)OC(C)(C)C. The number of hydrogen-bond donors (Lipinski definition) is 6. The molecule has 0 saturated heterocycles. The first-order chi connectivity index (χ1) is 25.4. The second-order valence-electron chi connectivity index (χ2n) is 12.8. The Morgan fingerprint density at radius 1 is 0.926 bits per heavy atom. The Morgan fingerprint density at radius 2 is 1.63 bits per heavy atom. The molecule has 0 radical (unpaired) electrons. The van der Waals surface area contributed by atoms with Crippen molar-refractivity contribution >= 4 is 48.2 Å². The summed E-state index contributed by atoms with van der Waals surface area (Å²) in [5, 5.41) is 35.3. The Balaban J connectivity index is 2.20. The molecule has 19 nitrogen and oxygen atoms in total. The van der Waals surface area contributed by atoms with Crippen molar-refractivity contribution in [3.8, 4) is 17.1 Å². The van der Waals surface area contributed by atoms with Gasteiger partial charge in [-0.25, -0.2) is 14.4 Å². The molecule has 4 amide bonds. The highest BCUT2D eigenvalue weighted by molar-refractivity contribution is 6.00. The Kier molecular flexibility index (Phi) is 16.9. The molecule has 54 heavy (non-hydrogen) atoms. The molecule has 2 aromatic rings. The molecule has 2 rings (SSSR count). The minimum Gasteiger partial charge on any atom is -0.481 e. The number of hydroxylamine groups is 2. The number of carbonyl (C=O) groups excluding carboxylic acids is 5. The summed E-state index contributed by atoms with van der Waals surface area (Å²) in [7, 11) is 0. The summed E-state index contributed by atoms with van der Waals surface area (Å²) in [4.78, 5) is 102. The van der Waals surface area contributed by atoms with Gasteiger partial charge in [0.05, 0.1) is 30.6 Å². The molecular formula is C35H46N4O15. The van der Waals surface area contributed by atoms with Crippen LogP contribution in [-0.4, -0.2) is 99.5 Å². The summed E-state index contributed by atoms with van der Waals surface area (Å²) >= 11 is 0. The number of furan rings is 1. The molecule has 0 saturated carbocycles. The van der Waals surface area contributed by atoms with Gasteiger partial charge in [-0.15, -0.1) is 0 Å². The Bertz CT molecular complexity index is 1670. The largest absolute Gasteiger partial charge is 0.534 e. The lowest BCUT2D eigenvalue weighted by Gasteiger charge is -2.32. The molecule has 3 unspecified atom stereocenters. The minimum atomic E-state index is -1.79. The van der Waals surface area contributed by atoms with Crippen molar-refractivity contribution in [2.75, 3.05) is 13.3 Å². The molecular weight excluding hydrogens is 716 g/mol. The summed E-state index contributed by atoms with van der Waals surface area (Å²) in [6, 6.07) is 3.79. The van der Waals surface area contributed by atoms with E-state index in [2.05, 4.69) is 16.0 Å². The molecule has 0 fully saturated rings. The van der Waals surface area contributed by atoms with Gasteiger partial charge in [0.1, 0.15) is 23.2 Å². The second-order valence-corrected chi connectivity index (χ2v) is 12.8. The van der Waals surface area contributed by atoms with E-state index in [9.17, 15) is 43.5 Å². The fourth-order valence-electron chi connectivity index (χ4n) is 5.05. The van der Waals surface area contributed by atoms with E-state index < -0.39 is 78.4 Å². The van der Waals surface area contributed by atoms with Crippen LogP contribution in [0.5, 0.6) is 5.75 Å². The van der Waals surface area contributed by atoms with Crippen molar-refractivity contribution in [1.29, 1.82) is 0 Å². The van der Waals surface area contributed by atoms with Crippen LogP contribution in [0.15, 0.2) is 34.7 Å². The number of benzene rings is 1. The monoisotopic (exact) mass is 762 g/mol. The molecule has 0 aliphatic rings. The molecule has 3 atom stereocenters. The lowest BCUT2D eigenvalue weighted by molar-refractivity contribution is -0.182. The van der Waals surface area contributed by atoms with E-state index in [1.54, 1.807) is 27.7 Å². The van der Waals surface area contributed by atoms with Gasteiger partial charge in [-0.2, -0.15) is 5.06 Å². The molecule has 6 N–H and O–H groups in total. The smallest absolute Gasteiger partial charge is 0.481 e. The number of amides is 4. The van der Waals surface area contributed by atoms with E-state index in [4.69, 9.17) is 28.9 Å². The van der Waals surface area contributed by atoms with Crippen LogP contribution in [-0.2, 0) is 33.5 Å². The van der Waals surface area contributed by atoms with Crippen LogP contribution >= 0.6 is 0 Å². The molecule has 0 aliphatic heterocycles. The highest BCUT2D eigenvalue weighted by atomic mass is 16.8. The van der Waals surface area contributed by atoms with Crippen LogP contribution < -0.4 is 20.7 Å². The van der Waals surface area contributed by atoms with E-state index in [0.717, 1.165) is 17.9 Å². The van der Waals surface area contributed by atoms with Crippen LogP contribution in [0.25, 0.3) is 11.3 Å². The maximum Gasteiger partial charge on any atom is 0.534 e. The third-order valence-electron chi connectivity index (χ3n) is 7.52. The summed E-state index contributed by atoms with van der Waals surface area (Å²) in [5.41, 5.74) is -0.975.